The molecule has 0 radical (unpaired) electrons. The number of nitriles is 1. The topological polar surface area (TPSA) is 48.4 Å². The van der Waals surface area contributed by atoms with Gasteiger partial charge in [0.15, 0.2) is 17.4 Å². The van der Waals surface area contributed by atoms with Gasteiger partial charge < -0.3 is 5.11 Å². The van der Waals surface area contributed by atoms with Crippen molar-refractivity contribution >= 4 is 6.08 Å². The largest absolute Gasteiger partial charge is 0.503 e. The number of phenolic OH excluding ortho intramolecular Hbond substituents is 1. The average molecular weight is 206 g/mol. The van der Waals surface area contributed by atoms with Crippen molar-refractivity contribution in [3.63, 3.8) is 0 Å². The second kappa shape index (κ2) is 4.21. The molecule has 0 aliphatic carbocycles. The van der Waals surface area contributed by atoms with Crippen molar-refractivity contribution in [3.8, 4) is 11.8 Å². The monoisotopic (exact) mass is 206 g/mol. The molecule has 0 aliphatic heterocycles. The number of rotatable bonds is 1. The van der Waals surface area contributed by atoms with Crippen LogP contribution < -0.4 is 0 Å². The highest BCUT2D eigenvalue weighted by Crippen LogP contribution is 2.22. The van der Waals surface area contributed by atoms with E-state index in [0.717, 1.165) is 18.2 Å². The molecule has 0 atom stereocenters. The van der Waals surface area contributed by atoms with E-state index in [4.69, 9.17) is 16.9 Å². The molecule has 0 aromatic heterocycles. The molecule has 1 aromatic rings. The number of hydrogen-bond acceptors (Lipinski definition) is 2. The number of allylic oxidation sites excluding steroid dienone is 1. The minimum Gasteiger partial charge on any atom is -0.503 e. The third-order valence-electron chi connectivity index (χ3n) is 1.58. The molecule has 0 unspecified atom stereocenters. The van der Waals surface area contributed by atoms with E-state index < -0.39 is 17.4 Å². The first kappa shape index (κ1) is 10.7. The number of aromatic hydroxyl groups is 1. The Morgan fingerprint density at radius 2 is 2.00 bits per heavy atom. The maximum Gasteiger partial charge on any atom is 0.262 e. The molecule has 0 bridgehead atoms. The van der Waals surface area contributed by atoms with Gasteiger partial charge in [-0.1, -0.05) is 0 Å². The average Bonchev–Trinajstić information content (AvgIpc) is 2.22. The third-order valence-corrected chi connectivity index (χ3v) is 1.58. The predicted molar refractivity (Wildman–Crippen MR) is 48.2 cm³/mol. The van der Waals surface area contributed by atoms with Crippen molar-refractivity contribution in [1.29, 1.82) is 5.26 Å². The molecule has 0 saturated carbocycles. The lowest BCUT2D eigenvalue weighted by atomic mass is 10.1. The number of hydrogen-bond donors (Lipinski definition) is 1. The van der Waals surface area contributed by atoms with Crippen LogP contribution in [0.4, 0.5) is 8.78 Å². The Morgan fingerprint density at radius 3 is 2.40 bits per heavy atom. The summed E-state index contributed by atoms with van der Waals surface area (Å²) in [4.78, 5) is 2.83. The summed E-state index contributed by atoms with van der Waals surface area (Å²) in [6, 6.07) is 3.22. The Hall–Kier alpha value is -2.40. The fourth-order valence-electron chi connectivity index (χ4n) is 0.916. The molecule has 5 heteroatoms. The first-order valence-corrected chi connectivity index (χ1v) is 3.75. The number of halogens is 2. The summed E-state index contributed by atoms with van der Waals surface area (Å²) >= 11 is 0. The molecule has 0 spiro atoms. The Kier molecular flexibility index (Phi) is 3.00. The Labute approximate surface area is 84.3 Å². The molecule has 1 rings (SSSR count). The quantitative estimate of drug-likeness (QED) is 0.566. The van der Waals surface area contributed by atoms with Gasteiger partial charge in [0.25, 0.3) is 5.70 Å². The molecule has 74 valence electrons. The minimum absolute atomic E-state index is 0.00958. The number of benzene rings is 1. The van der Waals surface area contributed by atoms with Gasteiger partial charge in [-0.05, 0) is 23.8 Å². The zero-order valence-corrected chi connectivity index (χ0v) is 7.33. The lowest BCUT2D eigenvalue weighted by molar-refractivity contribution is 0.396. The summed E-state index contributed by atoms with van der Waals surface area (Å²) in [5.41, 5.74) is -0.283. The predicted octanol–water partition coefficient (Wildman–Crippen LogP) is 2.45. The van der Waals surface area contributed by atoms with Crippen molar-refractivity contribution in [2.45, 2.75) is 0 Å². The van der Waals surface area contributed by atoms with Crippen LogP contribution in [-0.2, 0) is 0 Å². The Balaban J connectivity index is 3.26. The summed E-state index contributed by atoms with van der Waals surface area (Å²) in [7, 11) is 0. The molecule has 0 fully saturated rings. The maximum absolute atomic E-state index is 12.8. The standard InChI is InChI=1S/C10H4F2N2O/c1-14-7(5-13)2-6-3-8(11)10(15)9(12)4-6/h2-4,15H/b7-2+. The molecule has 0 aliphatic rings. The van der Waals surface area contributed by atoms with Gasteiger partial charge in [-0.25, -0.2) is 18.9 Å². The van der Waals surface area contributed by atoms with Gasteiger partial charge in [0, 0.05) is 0 Å². The van der Waals surface area contributed by atoms with Crippen LogP contribution in [0.2, 0.25) is 0 Å². The van der Waals surface area contributed by atoms with Crippen LogP contribution in [0.5, 0.6) is 5.75 Å². The fourth-order valence-corrected chi connectivity index (χ4v) is 0.916. The van der Waals surface area contributed by atoms with E-state index in [1.165, 1.54) is 0 Å². The Bertz CT molecular complexity index is 470. The molecule has 1 aromatic carbocycles. The number of nitrogens with zero attached hydrogens (tertiary/aromatic N) is 2. The van der Waals surface area contributed by atoms with Gasteiger partial charge in [0.1, 0.15) is 0 Å². The summed E-state index contributed by atoms with van der Waals surface area (Å²) in [5.74, 6) is -3.35. The molecule has 1 N–H and O–H groups in total. The van der Waals surface area contributed by atoms with Crippen molar-refractivity contribution in [2.24, 2.45) is 0 Å². The van der Waals surface area contributed by atoms with E-state index in [1.807, 2.05) is 0 Å². The fraction of sp³-hybridized carbons (Fsp3) is 0. The SMILES string of the molecule is [C-]#[N+]/C(C#N)=C/c1cc(F)c(O)c(F)c1. The molecule has 0 heterocycles. The highest BCUT2D eigenvalue weighted by molar-refractivity contribution is 5.59. The first-order valence-electron chi connectivity index (χ1n) is 3.75. The van der Waals surface area contributed by atoms with E-state index in [0.29, 0.717) is 0 Å². The van der Waals surface area contributed by atoms with Crippen molar-refractivity contribution in [3.05, 3.63) is 46.4 Å². The van der Waals surface area contributed by atoms with Gasteiger partial charge in [0.05, 0.1) is 12.6 Å². The van der Waals surface area contributed by atoms with Gasteiger partial charge in [0.2, 0.25) is 0 Å². The zero-order chi connectivity index (χ0) is 11.4. The molecule has 3 nitrogen and oxygen atoms in total. The van der Waals surface area contributed by atoms with Crippen LogP contribution in [-0.4, -0.2) is 5.11 Å². The van der Waals surface area contributed by atoms with Crippen LogP contribution in [0.3, 0.4) is 0 Å². The third kappa shape index (κ3) is 2.29. The smallest absolute Gasteiger partial charge is 0.262 e. The highest BCUT2D eigenvalue weighted by atomic mass is 19.1. The lowest BCUT2D eigenvalue weighted by Crippen LogP contribution is -1.85. The second-order valence-electron chi connectivity index (χ2n) is 2.59. The molecule has 0 amide bonds. The first-order chi connectivity index (χ1) is 7.08. The van der Waals surface area contributed by atoms with Crippen molar-refractivity contribution in [1.82, 2.24) is 0 Å². The lowest BCUT2D eigenvalue weighted by Gasteiger charge is -1.99. The summed E-state index contributed by atoms with van der Waals surface area (Å²) < 4.78 is 25.6. The summed E-state index contributed by atoms with van der Waals surface area (Å²) in [5, 5.41) is 17.2. The van der Waals surface area contributed by atoms with Gasteiger partial charge in [-0.15, -0.1) is 0 Å². The van der Waals surface area contributed by atoms with Crippen LogP contribution in [0.1, 0.15) is 5.56 Å². The van der Waals surface area contributed by atoms with E-state index >= 15 is 0 Å². The minimum atomic E-state index is -1.14. The number of phenols is 1. The van der Waals surface area contributed by atoms with E-state index in [1.54, 1.807) is 6.07 Å². The molecular weight excluding hydrogens is 202 g/mol. The van der Waals surface area contributed by atoms with E-state index in [9.17, 15) is 8.78 Å². The Morgan fingerprint density at radius 1 is 1.47 bits per heavy atom. The van der Waals surface area contributed by atoms with Crippen molar-refractivity contribution in [2.75, 3.05) is 0 Å². The summed E-state index contributed by atoms with van der Waals surface area (Å²) in [6.07, 6.45) is 1.03. The molecule has 0 saturated heterocycles. The maximum atomic E-state index is 12.8. The summed E-state index contributed by atoms with van der Waals surface area (Å²) in [6.45, 7) is 6.56. The highest BCUT2D eigenvalue weighted by Gasteiger charge is 2.08. The van der Waals surface area contributed by atoms with Crippen LogP contribution in [0, 0.1) is 29.5 Å². The van der Waals surface area contributed by atoms with Crippen LogP contribution >= 0.6 is 0 Å². The zero-order valence-electron chi connectivity index (χ0n) is 7.33. The van der Waals surface area contributed by atoms with E-state index in [-0.39, 0.29) is 11.3 Å². The molecular formula is C10H4F2N2O. The van der Waals surface area contributed by atoms with Crippen molar-refractivity contribution < 1.29 is 13.9 Å². The normalized spacial score (nSPS) is 10.5. The van der Waals surface area contributed by atoms with Crippen LogP contribution in [0.15, 0.2) is 17.8 Å². The van der Waals surface area contributed by atoms with Gasteiger partial charge >= 0.3 is 0 Å². The van der Waals surface area contributed by atoms with Crippen LogP contribution in [0.25, 0.3) is 10.9 Å². The van der Waals surface area contributed by atoms with Gasteiger partial charge in [-0.2, -0.15) is 0 Å². The van der Waals surface area contributed by atoms with E-state index in [2.05, 4.69) is 4.85 Å². The van der Waals surface area contributed by atoms with Gasteiger partial charge in [-0.3, -0.25) is 0 Å². The second-order valence-corrected chi connectivity index (χ2v) is 2.59. The molecule has 15 heavy (non-hydrogen) atoms.